The zero-order valence-electron chi connectivity index (χ0n) is 18.5. The zero-order chi connectivity index (χ0) is 24.2. The number of aryl methyl sites for hydroxylation is 1. The van der Waals surface area contributed by atoms with Crippen LogP contribution in [0.4, 0.5) is 0 Å². The van der Waals surface area contributed by atoms with E-state index >= 15 is 0 Å². The lowest BCUT2D eigenvalue weighted by Crippen LogP contribution is -2.12. The Balaban J connectivity index is 1.50. The Morgan fingerprint density at radius 1 is 1.03 bits per heavy atom. The van der Waals surface area contributed by atoms with Crippen LogP contribution in [0.25, 0.3) is 22.5 Å². The average Bonchev–Trinajstić information content (AvgIpc) is 3.19. The van der Waals surface area contributed by atoms with Crippen LogP contribution >= 0.6 is 11.6 Å². The number of carbonyl (C=O) groups excluding carboxylic acids is 1. The van der Waals surface area contributed by atoms with Gasteiger partial charge in [-0.05, 0) is 31.5 Å². The molecule has 172 valence electrons. The first-order chi connectivity index (χ1) is 16.3. The number of nitrogens with zero attached hydrogens (tertiary/aromatic N) is 2. The number of aromatic nitrogens is 2. The maximum atomic E-state index is 12.7. The van der Waals surface area contributed by atoms with Gasteiger partial charge in [-0.3, -0.25) is 4.79 Å². The van der Waals surface area contributed by atoms with Crippen molar-refractivity contribution in [2.24, 2.45) is 0 Å². The molecule has 0 spiro atoms. The highest BCUT2D eigenvalue weighted by Gasteiger charge is 2.21. The van der Waals surface area contributed by atoms with Gasteiger partial charge in [-0.25, -0.2) is 9.78 Å². The number of pyridine rings is 1. The van der Waals surface area contributed by atoms with E-state index in [-0.39, 0.29) is 12.1 Å². The van der Waals surface area contributed by atoms with Crippen LogP contribution in [0.1, 0.15) is 40.3 Å². The Morgan fingerprint density at radius 3 is 2.35 bits per heavy atom. The molecule has 1 unspecified atom stereocenters. The molecular weight excluding hydrogens is 456 g/mol. The molecule has 7 nitrogen and oxygen atoms in total. The van der Waals surface area contributed by atoms with E-state index in [1.54, 1.807) is 26.0 Å². The minimum absolute atomic E-state index is 0.00177. The lowest BCUT2D eigenvalue weighted by Gasteiger charge is -2.15. The van der Waals surface area contributed by atoms with E-state index in [1.807, 2.05) is 42.5 Å². The van der Waals surface area contributed by atoms with Gasteiger partial charge in [0.15, 0.2) is 5.76 Å². The first-order valence-corrected chi connectivity index (χ1v) is 10.9. The van der Waals surface area contributed by atoms with Crippen LogP contribution in [0.2, 0.25) is 5.02 Å². The van der Waals surface area contributed by atoms with Crippen LogP contribution in [0.3, 0.4) is 0 Å². The van der Waals surface area contributed by atoms with Gasteiger partial charge in [-0.15, -0.1) is 0 Å². The highest BCUT2D eigenvalue weighted by molar-refractivity contribution is 6.31. The third kappa shape index (κ3) is 5.00. The summed E-state index contributed by atoms with van der Waals surface area (Å²) in [7, 11) is 0. The Hall–Kier alpha value is -3.97. The number of aromatic carboxylic acids is 1. The number of carboxylic acid groups (broad SMARTS) is 1. The van der Waals surface area contributed by atoms with Crippen molar-refractivity contribution < 1.29 is 24.0 Å². The molecule has 0 saturated carbocycles. The number of esters is 1. The van der Waals surface area contributed by atoms with E-state index in [4.69, 9.17) is 26.0 Å². The standard InChI is InChI=1S/C26H21ClN2O5/c1-15-21(13-24(30)33-16(2)20-5-3-4-6-22(20)27)25(34-29-15)18-9-7-17(8-10-18)19-11-12-23(26(31)32)28-14-19/h3-12,14,16H,13H2,1-2H3,(H,31,32). The van der Waals surface area contributed by atoms with E-state index in [1.165, 1.54) is 12.3 Å². The Kier molecular flexibility index (Phi) is 6.75. The van der Waals surface area contributed by atoms with E-state index < -0.39 is 18.0 Å². The number of carboxylic acids is 1. The molecule has 1 N–H and O–H groups in total. The molecule has 4 aromatic rings. The maximum Gasteiger partial charge on any atom is 0.354 e. The number of hydrogen-bond acceptors (Lipinski definition) is 6. The highest BCUT2D eigenvalue weighted by atomic mass is 35.5. The minimum atomic E-state index is -1.07. The van der Waals surface area contributed by atoms with Crippen molar-refractivity contribution in [2.45, 2.75) is 26.4 Å². The Labute approximate surface area is 201 Å². The van der Waals surface area contributed by atoms with Crippen LogP contribution in [0.15, 0.2) is 71.4 Å². The summed E-state index contributed by atoms with van der Waals surface area (Å²) in [6.45, 7) is 3.55. The maximum absolute atomic E-state index is 12.7. The minimum Gasteiger partial charge on any atom is -0.477 e. The summed E-state index contributed by atoms with van der Waals surface area (Å²) >= 11 is 6.21. The monoisotopic (exact) mass is 476 g/mol. The molecule has 2 heterocycles. The summed E-state index contributed by atoms with van der Waals surface area (Å²) < 4.78 is 11.1. The van der Waals surface area contributed by atoms with Crippen molar-refractivity contribution in [1.82, 2.24) is 10.1 Å². The summed E-state index contributed by atoms with van der Waals surface area (Å²) in [5.41, 5.74) is 4.37. The van der Waals surface area contributed by atoms with Crippen LogP contribution in [-0.2, 0) is 16.0 Å². The topological polar surface area (TPSA) is 103 Å². The highest BCUT2D eigenvalue weighted by Crippen LogP contribution is 2.30. The van der Waals surface area contributed by atoms with Crippen molar-refractivity contribution in [3.63, 3.8) is 0 Å². The molecule has 0 aliphatic carbocycles. The Morgan fingerprint density at radius 2 is 1.71 bits per heavy atom. The molecule has 2 aromatic heterocycles. The molecular formula is C26H21ClN2O5. The molecule has 8 heteroatoms. The second-order valence-electron chi connectivity index (χ2n) is 7.72. The third-order valence-electron chi connectivity index (χ3n) is 5.42. The lowest BCUT2D eigenvalue weighted by atomic mass is 10.0. The van der Waals surface area contributed by atoms with Gasteiger partial charge >= 0.3 is 11.9 Å². The first kappa shape index (κ1) is 23.2. The van der Waals surface area contributed by atoms with Crippen molar-refractivity contribution in [3.05, 3.63) is 94.4 Å². The van der Waals surface area contributed by atoms with E-state index in [9.17, 15) is 9.59 Å². The molecule has 0 radical (unpaired) electrons. The lowest BCUT2D eigenvalue weighted by molar-refractivity contribution is -0.147. The quantitative estimate of drug-likeness (QED) is 0.331. The summed E-state index contributed by atoms with van der Waals surface area (Å²) in [6.07, 6.45) is 1.02. The number of halogens is 1. The molecule has 0 amide bonds. The van der Waals surface area contributed by atoms with E-state index in [0.29, 0.717) is 22.0 Å². The predicted octanol–water partition coefficient (Wildman–Crippen LogP) is 5.91. The number of hydrogen-bond donors (Lipinski definition) is 1. The molecule has 0 fully saturated rings. The molecule has 0 aliphatic rings. The second-order valence-corrected chi connectivity index (χ2v) is 8.13. The van der Waals surface area contributed by atoms with Crippen LogP contribution in [0, 0.1) is 6.92 Å². The van der Waals surface area contributed by atoms with Crippen molar-refractivity contribution >= 4 is 23.5 Å². The molecule has 34 heavy (non-hydrogen) atoms. The first-order valence-electron chi connectivity index (χ1n) is 10.5. The van der Waals surface area contributed by atoms with Gasteiger partial charge in [0.25, 0.3) is 0 Å². The van der Waals surface area contributed by atoms with Gasteiger partial charge in [0.1, 0.15) is 11.8 Å². The number of rotatable bonds is 7. The normalized spacial score (nSPS) is 11.7. The summed E-state index contributed by atoms with van der Waals surface area (Å²) in [6, 6.07) is 17.8. The fraction of sp³-hybridized carbons (Fsp3) is 0.154. The third-order valence-corrected chi connectivity index (χ3v) is 5.76. The predicted molar refractivity (Wildman–Crippen MR) is 127 cm³/mol. The molecule has 1 atom stereocenters. The average molecular weight is 477 g/mol. The van der Waals surface area contributed by atoms with Crippen molar-refractivity contribution in [3.8, 4) is 22.5 Å². The molecule has 0 saturated heterocycles. The van der Waals surface area contributed by atoms with Gasteiger partial charge in [-0.2, -0.15) is 0 Å². The van der Waals surface area contributed by atoms with Gasteiger partial charge in [0, 0.05) is 33.5 Å². The molecule has 0 aliphatic heterocycles. The van der Waals surface area contributed by atoms with Gasteiger partial charge in [0.05, 0.1) is 12.1 Å². The largest absolute Gasteiger partial charge is 0.477 e. The molecule has 0 bridgehead atoms. The number of ether oxygens (including phenoxy) is 1. The van der Waals surface area contributed by atoms with E-state index in [2.05, 4.69) is 10.1 Å². The van der Waals surface area contributed by atoms with Gasteiger partial charge in [0.2, 0.25) is 0 Å². The zero-order valence-corrected chi connectivity index (χ0v) is 19.2. The summed E-state index contributed by atoms with van der Waals surface area (Å²) in [5.74, 6) is -0.998. The Bertz CT molecular complexity index is 1330. The fourth-order valence-corrected chi connectivity index (χ4v) is 3.87. The van der Waals surface area contributed by atoms with Crippen LogP contribution < -0.4 is 0 Å². The fourth-order valence-electron chi connectivity index (χ4n) is 3.58. The van der Waals surface area contributed by atoms with E-state index in [0.717, 1.165) is 22.3 Å². The smallest absolute Gasteiger partial charge is 0.354 e. The van der Waals surface area contributed by atoms with Crippen molar-refractivity contribution in [2.75, 3.05) is 0 Å². The second kappa shape index (κ2) is 9.89. The van der Waals surface area contributed by atoms with Crippen molar-refractivity contribution in [1.29, 1.82) is 0 Å². The number of benzene rings is 2. The van der Waals surface area contributed by atoms with Gasteiger partial charge < -0.3 is 14.4 Å². The number of carbonyl (C=O) groups is 2. The molecule has 4 rings (SSSR count). The van der Waals surface area contributed by atoms with Gasteiger partial charge in [-0.1, -0.05) is 65.3 Å². The molecule has 2 aromatic carbocycles. The van der Waals surface area contributed by atoms with Crippen LogP contribution in [-0.4, -0.2) is 27.2 Å². The van der Waals surface area contributed by atoms with Crippen LogP contribution in [0.5, 0.6) is 0 Å². The summed E-state index contributed by atoms with van der Waals surface area (Å²) in [4.78, 5) is 27.6. The summed E-state index contributed by atoms with van der Waals surface area (Å²) in [5, 5.41) is 13.6. The SMILES string of the molecule is Cc1noc(-c2ccc(-c3ccc(C(=O)O)nc3)cc2)c1CC(=O)OC(C)c1ccccc1Cl.